The molecule has 1 heterocycles. The summed E-state index contributed by atoms with van der Waals surface area (Å²) < 4.78 is 0. The maximum absolute atomic E-state index is 12.3. The molecule has 0 aliphatic heterocycles. The summed E-state index contributed by atoms with van der Waals surface area (Å²) in [6, 6.07) is 13.3. The van der Waals surface area contributed by atoms with Gasteiger partial charge in [0.15, 0.2) is 5.78 Å². The molecule has 3 rings (SSSR count). The van der Waals surface area contributed by atoms with Crippen LogP contribution in [0.3, 0.4) is 0 Å². The quantitative estimate of drug-likeness (QED) is 0.717. The SMILES string of the molecule is O=C(c1ccccc1)c1cc(O)c(-c2ccsc2)c(O)c1. The predicted molar refractivity (Wildman–Crippen MR) is 83.0 cm³/mol. The molecule has 0 amide bonds. The number of carbonyl (C=O) groups is 1. The normalized spacial score (nSPS) is 10.5. The molecule has 0 fully saturated rings. The number of rotatable bonds is 3. The molecule has 0 aliphatic carbocycles. The first kappa shape index (κ1) is 13.4. The van der Waals surface area contributed by atoms with Crippen LogP contribution in [-0.4, -0.2) is 16.0 Å². The van der Waals surface area contributed by atoms with Crippen LogP contribution < -0.4 is 0 Å². The van der Waals surface area contributed by atoms with Gasteiger partial charge >= 0.3 is 0 Å². The number of hydrogen-bond donors (Lipinski definition) is 2. The molecule has 104 valence electrons. The Morgan fingerprint density at radius 1 is 0.905 bits per heavy atom. The first-order chi connectivity index (χ1) is 10.2. The van der Waals surface area contributed by atoms with Gasteiger partial charge in [-0.25, -0.2) is 0 Å². The van der Waals surface area contributed by atoms with Crippen molar-refractivity contribution >= 4 is 17.1 Å². The van der Waals surface area contributed by atoms with Crippen LogP contribution in [0.1, 0.15) is 15.9 Å². The zero-order valence-electron chi connectivity index (χ0n) is 11.0. The molecule has 0 saturated carbocycles. The van der Waals surface area contributed by atoms with Gasteiger partial charge in [-0.15, -0.1) is 0 Å². The number of carbonyl (C=O) groups excluding carboxylic acids is 1. The zero-order chi connectivity index (χ0) is 14.8. The zero-order valence-corrected chi connectivity index (χ0v) is 11.8. The van der Waals surface area contributed by atoms with Crippen molar-refractivity contribution in [2.24, 2.45) is 0 Å². The van der Waals surface area contributed by atoms with E-state index in [4.69, 9.17) is 0 Å². The molecule has 0 aliphatic rings. The van der Waals surface area contributed by atoms with Crippen molar-refractivity contribution in [2.45, 2.75) is 0 Å². The number of benzene rings is 2. The fourth-order valence-electron chi connectivity index (χ4n) is 2.20. The molecular formula is C17H12O3S. The third kappa shape index (κ3) is 2.53. The van der Waals surface area contributed by atoms with E-state index in [-0.39, 0.29) is 22.8 Å². The van der Waals surface area contributed by atoms with Crippen LogP contribution in [0.25, 0.3) is 11.1 Å². The molecule has 0 unspecified atom stereocenters. The summed E-state index contributed by atoms with van der Waals surface area (Å²) >= 11 is 1.47. The lowest BCUT2D eigenvalue weighted by molar-refractivity contribution is 0.103. The average Bonchev–Trinajstić information content (AvgIpc) is 3.00. The van der Waals surface area contributed by atoms with Crippen LogP contribution in [-0.2, 0) is 0 Å². The van der Waals surface area contributed by atoms with Crippen LogP contribution in [0.4, 0.5) is 0 Å². The molecule has 1 aromatic heterocycles. The lowest BCUT2D eigenvalue weighted by atomic mass is 9.98. The summed E-state index contributed by atoms with van der Waals surface area (Å²) in [4.78, 5) is 12.3. The summed E-state index contributed by atoms with van der Waals surface area (Å²) in [5.74, 6) is -0.446. The monoisotopic (exact) mass is 296 g/mol. The topological polar surface area (TPSA) is 57.5 Å². The Morgan fingerprint density at radius 3 is 2.14 bits per heavy atom. The van der Waals surface area contributed by atoms with E-state index >= 15 is 0 Å². The van der Waals surface area contributed by atoms with Gasteiger partial charge in [0.25, 0.3) is 0 Å². The van der Waals surface area contributed by atoms with Gasteiger partial charge in [0, 0.05) is 11.1 Å². The molecule has 21 heavy (non-hydrogen) atoms. The van der Waals surface area contributed by atoms with Crippen molar-refractivity contribution in [3.05, 3.63) is 70.4 Å². The van der Waals surface area contributed by atoms with Crippen molar-refractivity contribution in [3.63, 3.8) is 0 Å². The lowest BCUT2D eigenvalue weighted by Crippen LogP contribution is -2.01. The molecule has 2 N–H and O–H groups in total. The molecular weight excluding hydrogens is 284 g/mol. The van der Waals surface area contributed by atoms with Crippen LogP contribution in [0.2, 0.25) is 0 Å². The Balaban J connectivity index is 2.05. The number of phenols is 2. The van der Waals surface area contributed by atoms with Gasteiger partial charge in [-0.2, -0.15) is 11.3 Å². The molecule has 2 aromatic carbocycles. The van der Waals surface area contributed by atoms with Gasteiger partial charge in [-0.05, 0) is 34.5 Å². The molecule has 3 nitrogen and oxygen atoms in total. The van der Waals surface area contributed by atoms with Crippen molar-refractivity contribution in [2.75, 3.05) is 0 Å². The minimum absolute atomic E-state index is 0.104. The van der Waals surface area contributed by atoms with Crippen LogP contribution in [0, 0.1) is 0 Å². The van der Waals surface area contributed by atoms with Crippen LogP contribution in [0.5, 0.6) is 11.5 Å². The highest BCUT2D eigenvalue weighted by atomic mass is 32.1. The first-order valence-electron chi connectivity index (χ1n) is 6.35. The van der Waals surface area contributed by atoms with E-state index < -0.39 is 0 Å². The van der Waals surface area contributed by atoms with Gasteiger partial charge in [0.2, 0.25) is 0 Å². The van der Waals surface area contributed by atoms with Gasteiger partial charge in [0.05, 0.1) is 5.56 Å². The van der Waals surface area contributed by atoms with Crippen LogP contribution >= 0.6 is 11.3 Å². The second kappa shape index (κ2) is 5.42. The van der Waals surface area contributed by atoms with Gasteiger partial charge in [-0.3, -0.25) is 4.79 Å². The molecule has 0 spiro atoms. The average molecular weight is 296 g/mol. The third-order valence-electron chi connectivity index (χ3n) is 3.20. The number of thiophene rings is 1. The third-order valence-corrected chi connectivity index (χ3v) is 3.89. The Bertz CT molecular complexity index is 754. The van der Waals surface area contributed by atoms with E-state index in [9.17, 15) is 15.0 Å². The van der Waals surface area contributed by atoms with E-state index in [1.54, 1.807) is 30.3 Å². The largest absolute Gasteiger partial charge is 0.507 e. The van der Waals surface area contributed by atoms with Crippen molar-refractivity contribution in [1.82, 2.24) is 0 Å². The highest BCUT2D eigenvalue weighted by Gasteiger charge is 2.16. The van der Waals surface area contributed by atoms with E-state index in [0.29, 0.717) is 11.1 Å². The fraction of sp³-hybridized carbons (Fsp3) is 0. The second-order valence-corrected chi connectivity index (χ2v) is 5.38. The molecule has 0 bridgehead atoms. The van der Waals surface area contributed by atoms with E-state index in [2.05, 4.69) is 0 Å². The molecule has 4 heteroatoms. The van der Waals surface area contributed by atoms with E-state index in [1.807, 2.05) is 16.8 Å². The Morgan fingerprint density at radius 2 is 1.57 bits per heavy atom. The van der Waals surface area contributed by atoms with E-state index in [1.165, 1.54) is 23.5 Å². The van der Waals surface area contributed by atoms with Crippen LogP contribution in [0.15, 0.2) is 59.3 Å². The second-order valence-electron chi connectivity index (χ2n) is 4.60. The minimum atomic E-state index is -0.238. The number of hydrogen-bond acceptors (Lipinski definition) is 4. The fourth-order valence-corrected chi connectivity index (χ4v) is 2.85. The van der Waals surface area contributed by atoms with Gasteiger partial charge in [0.1, 0.15) is 11.5 Å². The van der Waals surface area contributed by atoms with Crippen molar-refractivity contribution in [1.29, 1.82) is 0 Å². The predicted octanol–water partition coefficient (Wildman–Crippen LogP) is 4.06. The smallest absolute Gasteiger partial charge is 0.193 e. The highest BCUT2D eigenvalue weighted by molar-refractivity contribution is 7.08. The number of aromatic hydroxyl groups is 2. The highest BCUT2D eigenvalue weighted by Crippen LogP contribution is 2.39. The summed E-state index contributed by atoms with van der Waals surface area (Å²) in [6.07, 6.45) is 0. The lowest BCUT2D eigenvalue weighted by Gasteiger charge is -2.09. The molecule has 0 atom stereocenters. The molecule has 3 aromatic rings. The molecule has 0 radical (unpaired) electrons. The summed E-state index contributed by atoms with van der Waals surface area (Å²) in [7, 11) is 0. The van der Waals surface area contributed by atoms with Crippen molar-refractivity contribution < 1.29 is 15.0 Å². The van der Waals surface area contributed by atoms with E-state index in [0.717, 1.165) is 5.56 Å². The summed E-state index contributed by atoms with van der Waals surface area (Å²) in [6.45, 7) is 0. The first-order valence-corrected chi connectivity index (χ1v) is 7.29. The standard InChI is InChI=1S/C17H12O3S/c18-14-8-13(17(20)11-4-2-1-3-5-11)9-15(19)16(14)12-6-7-21-10-12/h1-10,18-19H. The summed E-state index contributed by atoms with van der Waals surface area (Å²) in [5, 5.41) is 23.9. The summed E-state index contributed by atoms with van der Waals surface area (Å²) in [5.41, 5.74) is 1.85. The van der Waals surface area contributed by atoms with Gasteiger partial charge in [-0.1, -0.05) is 30.3 Å². The minimum Gasteiger partial charge on any atom is -0.507 e. The Labute approximate surface area is 125 Å². The maximum atomic E-state index is 12.3. The Kier molecular flexibility index (Phi) is 3.46. The van der Waals surface area contributed by atoms with Crippen molar-refractivity contribution in [3.8, 4) is 22.6 Å². The number of phenolic OH excluding ortho intramolecular Hbond substituents is 2. The maximum Gasteiger partial charge on any atom is 0.193 e. The number of ketones is 1. The Hall–Kier alpha value is -2.59. The van der Waals surface area contributed by atoms with Gasteiger partial charge < -0.3 is 10.2 Å². The molecule has 0 saturated heterocycles.